The summed E-state index contributed by atoms with van der Waals surface area (Å²) in [5, 5.41) is 20.5. The van der Waals surface area contributed by atoms with Crippen molar-refractivity contribution >= 4 is 21.9 Å². The summed E-state index contributed by atoms with van der Waals surface area (Å²) in [6.45, 7) is 8.60. The fourth-order valence-electron chi connectivity index (χ4n) is 3.79. The number of hydrazine groups is 1. The normalized spacial score (nSPS) is 13.2. The zero-order valence-electron chi connectivity index (χ0n) is 25.3. The lowest BCUT2D eigenvalue weighted by Crippen LogP contribution is -2.51. The van der Waals surface area contributed by atoms with Crippen LogP contribution in [0.4, 0.5) is 13.2 Å². The highest BCUT2D eigenvalue weighted by molar-refractivity contribution is 7.90. The number of aromatic nitrogens is 2. The fourth-order valence-corrected chi connectivity index (χ4v) is 4.76. The van der Waals surface area contributed by atoms with Crippen LogP contribution in [0.25, 0.3) is 16.9 Å². The van der Waals surface area contributed by atoms with Crippen LogP contribution in [0.1, 0.15) is 52.3 Å². The van der Waals surface area contributed by atoms with Gasteiger partial charge in [0.2, 0.25) is 5.28 Å². The van der Waals surface area contributed by atoms with Gasteiger partial charge in [0.05, 0.1) is 26.8 Å². The van der Waals surface area contributed by atoms with Crippen molar-refractivity contribution in [3.8, 4) is 16.9 Å². The molecule has 0 bridgehead atoms. The van der Waals surface area contributed by atoms with E-state index in [4.69, 9.17) is 9.57 Å². The Bertz CT molecular complexity index is 1650. The molecule has 0 aliphatic carbocycles. The molecule has 3 rings (SSSR count). The maximum absolute atomic E-state index is 13.5. The van der Waals surface area contributed by atoms with Gasteiger partial charge in [0, 0.05) is 18.9 Å². The van der Waals surface area contributed by atoms with Crippen molar-refractivity contribution in [3.63, 3.8) is 0 Å². The maximum atomic E-state index is 13.5. The molecule has 1 heterocycles. The summed E-state index contributed by atoms with van der Waals surface area (Å²) in [6, 6.07) is 12.3. The molecule has 0 saturated carbocycles. The number of carbonyl (C=O) groups is 2. The topological polar surface area (TPSA) is 158 Å². The Kier molecular flexibility index (Phi) is 10.5. The number of carbonyl (C=O) groups excluding carboxylic acids is 2. The first-order valence-electron chi connectivity index (χ1n) is 13.5. The van der Waals surface area contributed by atoms with Crippen LogP contribution in [-0.2, 0) is 35.4 Å². The van der Waals surface area contributed by atoms with Crippen molar-refractivity contribution in [3.05, 3.63) is 71.1 Å². The van der Waals surface area contributed by atoms with Gasteiger partial charge >= 0.3 is 12.1 Å². The number of nitrogens with one attached hydrogen (secondary N) is 1. The van der Waals surface area contributed by atoms with Gasteiger partial charge in [-0.1, -0.05) is 36.8 Å². The Morgan fingerprint density at radius 2 is 1.71 bits per heavy atom. The third-order valence-electron chi connectivity index (χ3n) is 6.11. The van der Waals surface area contributed by atoms with Gasteiger partial charge in [-0.05, 0) is 58.0 Å². The quantitative estimate of drug-likeness (QED) is 0.100. The second-order valence-electron chi connectivity index (χ2n) is 10.8. The first-order valence-corrected chi connectivity index (χ1v) is 15.0. The van der Waals surface area contributed by atoms with Gasteiger partial charge in [-0.15, -0.1) is 5.01 Å². The average molecular weight is 655 g/mol. The molecule has 2 aromatic carbocycles. The molecular formula is C28H33F3N6O7S. The standard InChI is InChI=1S/C28H33F3N6O7S/c1-7-26(39)43-19(3)44-34-37(40)35(27(4,5)6)17-25(38)33-45(41,42)22-14-12-21(13-15-22)36-23(16-24(32-36)28(29,30)31)20-10-8-18(2)9-11-20/h8-16,19H,7,17H2,1-6H3,(H,33,38). The maximum Gasteiger partial charge on any atom is 0.435 e. The predicted molar refractivity (Wildman–Crippen MR) is 154 cm³/mol. The molecule has 1 unspecified atom stereocenters. The van der Waals surface area contributed by atoms with E-state index >= 15 is 0 Å². The number of halogens is 3. The van der Waals surface area contributed by atoms with E-state index in [1.807, 2.05) is 11.6 Å². The molecule has 17 heteroatoms. The molecule has 0 aliphatic heterocycles. The molecule has 1 amide bonds. The Balaban J connectivity index is 1.81. The molecule has 45 heavy (non-hydrogen) atoms. The van der Waals surface area contributed by atoms with Gasteiger partial charge in [-0.25, -0.2) is 17.8 Å². The summed E-state index contributed by atoms with van der Waals surface area (Å²) in [6.07, 6.45) is -5.86. The highest BCUT2D eigenvalue weighted by Crippen LogP contribution is 2.33. The number of aryl methyl sites for hydroxylation is 1. The number of alkyl halides is 3. The average Bonchev–Trinajstić information content (AvgIpc) is 3.40. The summed E-state index contributed by atoms with van der Waals surface area (Å²) in [5.41, 5.74) is -0.563. The molecule has 0 aliphatic rings. The minimum Gasteiger partial charge on any atom is -0.569 e. The largest absolute Gasteiger partial charge is 0.569 e. The minimum atomic E-state index is -4.72. The fraction of sp³-hybridized carbons (Fsp3) is 0.393. The molecule has 3 aromatic rings. The number of nitrogens with zero attached hydrogens (tertiary/aromatic N) is 5. The van der Waals surface area contributed by atoms with Gasteiger partial charge in [0.25, 0.3) is 22.2 Å². The van der Waals surface area contributed by atoms with E-state index in [1.165, 1.54) is 19.1 Å². The van der Waals surface area contributed by atoms with E-state index in [0.717, 1.165) is 33.5 Å². The molecule has 1 aromatic heterocycles. The first-order chi connectivity index (χ1) is 20.8. The summed E-state index contributed by atoms with van der Waals surface area (Å²) < 4.78 is 74.3. The second kappa shape index (κ2) is 13.5. The van der Waals surface area contributed by atoms with Crippen LogP contribution in [0, 0.1) is 12.1 Å². The van der Waals surface area contributed by atoms with Crippen LogP contribution in [0.3, 0.4) is 0 Å². The highest BCUT2D eigenvalue weighted by atomic mass is 32.2. The van der Waals surface area contributed by atoms with Crippen LogP contribution in [0.5, 0.6) is 0 Å². The first kappa shape index (κ1) is 34.8. The highest BCUT2D eigenvalue weighted by Gasteiger charge is 2.36. The molecule has 13 nitrogen and oxygen atoms in total. The summed E-state index contributed by atoms with van der Waals surface area (Å²) >= 11 is 0. The van der Waals surface area contributed by atoms with Gasteiger partial charge in [0.1, 0.15) is 0 Å². The van der Waals surface area contributed by atoms with Crippen LogP contribution < -0.4 is 4.72 Å². The van der Waals surface area contributed by atoms with Crippen LogP contribution in [0.15, 0.2) is 64.8 Å². The Hall–Kier alpha value is -4.67. The lowest BCUT2D eigenvalue weighted by molar-refractivity contribution is -0.724. The summed E-state index contributed by atoms with van der Waals surface area (Å²) in [4.78, 5) is 28.5. The van der Waals surface area contributed by atoms with Crippen LogP contribution in [-0.4, -0.2) is 58.4 Å². The SMILES string of the molecule is CCC(=O)OC(C)ON=[N+]([O-])N(CC(=O)NS(=O)(=O)c1ccc(-n2nc(C(F)(F)F)cc2-c2ccc(C)cc2)cc1)C(C)(C)C. The Labute approximate surface area is 257 Å². The van der Waals surface area contributed by atoms with Gasteiger partial charge in [-0.3, -0.25) is 14.4 Å². The van der Waals surface area contributed by atoms with Crippen molar-refractivity contribution in [1.29, 1.82) is 0 Å². The molecule has 1 atom stereocenters. The van der Waals surface area contributed by atoms with Crippen molar-refractivity contribution in [1.82, 2.24) is 19.5 Å². The number of hydrogen-bond acceptors (Lipinski definition) is 9. The molecule has 0 fully saturated rings. The number of benzene rings is 2. The molecule has 1 N–H and O–H groups in total. The molecule has 244 valence electrons. The number of rotatable bonds is 11. The monoisotopic (exact) mass is 654 g/mol. The van der Waals surface area contributed by atoms with E-state index < -0.39 is 52.1 Å². The van der Waals surface area contributed by atoms with Crippen molar-refractivity contribution in [2.75, 3.05) is 6.54 Å². The third kappa shape index (κ3) is 9.17. The molecule has 0 spiro atoms. The van der Waals surface area contributed by atoms with E-state index in [0.29, 0.717) is 5.56 Å². The lowest BCUT2D eigenvalue weighted by atomic mass is 10.1. The number of amides is 1. The zero-order chi connectivity index (χ0) is 33.7. The summed E-state index contributed by atoms with van der Waals surface area (Å²) in [7, 11) is -4.48. The Morgan fingerprint density at radius 1 is 1.11 bits per heavy atom. The summed E-state index contributed by atoms with van der Waals surface area (Å²) in [5.74, 6) is -1.69. The van der Waals surface area contributed by atoms with E-state index in [2.05, 4.69) is 10.4 Å². The Morgan fingerprint density at radius 3 is 2.24 bits per heavy atom. The lowest BCUT2D eigenvalue weighted by Gasteiger charge is -2.29. The predicted octanol–water partition coefficient (Wildman–Crippen LogP) is 4.88. The number of sulfonamides is 1. The molecule has 0 radical (unpaired) electrons. The number of hydrogen-bond donors (Lipinski definition) is 1. The van der Waals surface area contributed by atoms with Crippen molar-refractivity contribution < 1.29 is 45.7 Å². The molecular weight excluding hydrogens is 621 g/mol. The third-order valence-corrected chi connectivity index (χ3v) is 7.50. The van der Waals surface area contributed by atoms with Crippen molar-refractivity contribution in [2.24, 2.45) is 5.28 Å². The van der Waals surface area contributed by atoms with Crippen LogP contribution in [0.2, 0.25) is 0 Å². The second-order valence-corrected chi connectivity index (χ2v) is 12.5. The zero-order valence-corrected chi connectivity index (χ0v) is 26.1. The molecule has 0 saturated heterocycles. The number of esters is 1. The van der Waals surface area contributed by atoms with Gasteiger partial charge in [-0.2, -0.15) is 18.3 Å². The van der Waals surface area contributed by atoms with Crippen LogP contribution >= 0.6 is 0 Å². The van der Waals surface area contributed by atoms with Crippen molar-refractivity contribution in [2.45, 2.75) is 70.9 Å². The smallest absolute Gasteiger partial charge is 0.435 e. The van der Waals surface area contributed by atoms with E-state index in [-0.39, 0.29) is 27.7 Å². The van der Waals surface area contributed by atoms with Gasteiger partial charge in [0.15, 0.2) is 12.2 Å². The number of ether oxygens (including phenoxy) is 1. The van der Waals surface area contributed by atoms with E-state index in [9.17, 15) is 36.4 Å². The van der Waals surface area contributed by atoms with E-state index in [1.54, 1.807) is 52.0 Å². The minimum absolute atomic E-state index is 0.0664. The van der Waals surface area contributed by atoms with Gasteiger partial charge < -0.3 is 9.94 Å².